The molecule has 0 radical (unpaired) electrons. The van der Waals surface area contributed by atoms with E-state index in [2.05, 4.69) is 15.4 Å². The largest absolute Gasteiger partial charge is 0.508 e. The summed E-state index contributed by atoms with van der Waals surface area (Å²) in [5, 5.41) is 17.4. The third-order valence-electron chi connectivity index (χ3n) is 3.95. The van der Waals surface area contributed by atoms with Crippen molar-refractivity contribution in [3.05, 3.63) is 78.4 Å². The van der Waals surface area contributed by atoms with E-state index in [1.165, 1.54) is 12.1 Å². The molecule has 0 amide bonds. The number of hydrogen-bond acceptors (Lipinski definition) is 4. The fourth-order valence-electron chi connectivity index (χ4n) is 2.70. The number of anilines is 1. The maximum absolute atomic E-state index is 13.0. The Hall–Kier alpha value is -3.41. The van der Waals surface area contributed by atoms with E-state index in [0.717, 1.165) is 22.5 Å². The molecular weight excluding hydrogens is 319 g/mol. The van der Waals surface area contributed by atoms with Gasteiger partial charge in [0.15, 0.2) is 5.65 Å². The van der Waals surface area contributed by atoms with Crippen LogP contribution < -0.4 is 5.32 Å². The second kappa shape index (κ2) is 6.24. The van der Waals surface area contributed by atoms with Crippen LogP contribution in [0.2, 0.25) is 0 Å². The maximum Gasteiger partial charge on any atom is 0.165 e. The van der Waals surface area contributed by atoms with E-state index in [-0.39, 0.29) is 11.6 Å². The van der Waals surface area contributed by atoms with E-state index in [0.29, 0.717) is 12.2 Å². The molecule has 2 aromatic heterocycles. The Morgan fingerprint density at radius 2 is 1.92 bits per heavy atom. The average Bonchev–Trinajstić information content (AvgIpc) is 3.06. The van der Waals surface area contributed by atoms with Gasteiger partial charge in [-0.05, 0) is 41.5 Å². The van der Waals surface area contributed by atoms with Crippen molar-refractivity contribution in [2.45, 2.75) is 6.54 Å². The van der Waals surface area contributed by atoms with Gasteiger partial charge in [0.1, 0.15) is 17.4 Å². The summed E-state index contributed by atoms with van der Waals surface area (Å²) in [6.45, 7) is 0.542. The average molecular weight is 334 g/mol. The summed E-state index contributed by atoms with van der Waals surface area (Å²) in [4.78, 5) is 4.40. The molecule has 0 unspecified atom stereocenters. The molecule has 2 N–H and O–H groups in total. The van der Waals surface area contributed by atoms with Crippen molar-refractivity contribution in [2.24, 2.45) is 0 Å². The lowest BCUT2D eigenvalue weighted by Gasteiger charge is -2.08. The Labute approximate surface area is 143 Å². The minimum absolute atomic E-state index is 0.197. The Bertz CT molecular complexity index is 1030. The number of nitrogens with one attached hydrogen (secondary N) is 1. The molecule has 25 heavy (non-hydrogen) atoms. The number of aromatic nitrogens is 3. The number of halogens is 1. The first kappa shape index (κ1) is 15.1. The minimum atomic E-state index is -0.252. The molecule has 0 saturated heterocycles. The number of phenolic OH excluding ortho intramolecular Hbond substituents is 1. The minimum Gasteiger partial charge on any atom is -0.508 e. The fraction of sp³-hybridized carbons (Fsp3) is 0.0526. The summed E-state index contributed by atoms with van der Waals surface area (Å²) >= 11 is 0. The second-order valence-corrected chi connectivity index (χ2v) is 5.65. The van der Waals surface area contributed by atoms with E-state index in [9.17, 15) is 9.50 Å². The van der Waals surface area contributed by atoms with Crippen molar-refractivity contribution in [2.75, 3.05) is 5.32 Å². The summed E-state index contributed by atoms with van der Waals surface area (Å²) in [6.07, 6.45) is 3.43. The smallest absolute Gasteiger partial charge is 0.165 e. The molecule has 0 bridgehead atoms. The van der Waals surface area contributed by atoms with E-state index >= 15 is 0 Å². The van der Waals surface area contributed by atoms with Crippen molar-refractivity contribution < 1.29 is 9.50 Å². The summed E-state index contributed by atoms with van der Waals surface area (Å²) in [5.41, 5.74) is 3.33. The van der Waals surface area contributed by atoms with Crippen LogP contribution in [-0.2, 0) is 6.54 Å². The fourth-order valence-corrected chi connectivity index (χ4v) is 2.70. The van der Waals surface area contributed by atoms with Gasteiger partial charge in [0.2, 0.25) is 0 Å². The Morgan fingerprint density at radius 3 is 2.72 bits per heavy atom. The molecule has 4 aromatic rings. The lowest BCUT2D eigenvalue weighted by atomic mass is 10.1. The summed E-state index contributed by atoms with van der Waals surface area (Å²) in [5.74, 6) is 0.723. The number of rotatable bonds is 4. The lowest BCUT2D eigenvalue weighted by molar-refractivity contribution is 0.475. The molecule has 0 aliphatic heterocycles. The van der Waals surface area contributed by atoms with Crippen molar-refractivity contribution >= 4 is 11.5 Å². The first-order chi connectivity index (χ1) is 12.2. The number of aromatic hydroxyl groups is 1. The zero-order chi connectivity index (χ0) is 17.2. The van der Waals surface area contributed by atoms with E-state index in [4.69, 9.17) is 0 Å². The molecule has 0 aliphatic rings. The van der Waals surface area contributed by atoms with Gasteiger partial charge in [-0.1, -0.05) is 24.3 Å². The predicted octanol–water partition coefficient (Wildman–Crippen LogP) is 3.85. The Balaban J connectivity index is 1.66. The topological polar surface area (TPSA) is 62.5 Å². The van der Waals surface area contributed by atoms with E-state index in [1.54, 1.807) is 47.2 Å². The number of phenols is 1. The van der Waals surface area contributed by atoms with Gasteiger partial charge in [-0.2, -0.15) is 9.61 Å². The molecule has 0 atom stereocenters. The summed E-state index contributed by atoms with van der Waals surface area (Å²) in [6, 6.07) is 15.2. The van der Waals surface area contributed by atoms with Crippen LogP contribution in [0.4, 0.5) is 10.2 Å². The van der Waals surface area contributed by atoms with Gasteiger partial charge in [-0.15, -0.1) is 0 Å². The van der Waals surface area contributed by atoms with Gasteiger partial charge in [0.05, 0.1) is 6.20 Å². The van der Waals surface area contributed by atoms with Gasteiger partial charge in [-0.3, -0.25) is 0 Å². The van der Waals surface area contributed by atoms with Crippen LogP contribution >= 0.6 is 0 Å². The zero-order valence-corrected chi connectivity index (χ0v) is 13.2. The lowest BCUT2D eigenvalue weighted by Crippen LogP contribution is -2.05. The van der Waals surface area contributed by atoms with Crippen LogP contribution in [0.1, 0.15) is 5.56 Å². The number of nitrogens with zero attached hydrogens (tertiary/aromatic N) is 3. The standard InChI is InChI=1S/C19H15FN4O/c20-15-6-4-13(5-7-15)11-22-18-8-9-21-19-17(12-23-24(18)19)14-2-1-3-16(25)10-14/h1-10,12,22,25H,11H2. The van der Waals surface area contributed by atoms with Crippen LogP contribution in [0, 0.1) is 5.82 Å². The molecule has 4 rings (SSSR count). The second-order valence-electron chi connectivity index (χ2n) is 5.65. The van der Waals surface area contributed by atoms with Gasteiger partial charge >= 0.3 is 0 Å². The zero-order valence-electron chi connectivity index (χ0n) is 13.2. The van der Waals surface area contributed by atoms with Gasteiger partial charge in [0.25, 0.3) is 0 Å². The number of hydrogen-bond donors (Lipinski definition) is 2. The quantitative estimate of drug-likeness (QED) is 0.595. The normalized spacial score (nSPS) is 10.9. The first-order valence-electron chi connectivity index (χ1n) is 7.81. The molecule has 2 heterocycles. The summed E-state index contributed by atoms with van der Waals surface area (Å²) < 4.78 is 14.7. The van der Waals surface area contributed by atoms with Crippen molar-refractivity contribution in [1.82, 2.24) is 14.6 Å². The van der Waals surface area contributed by atoms with Crippen molar-refractivity contribution in [1.29, 1.82) is 0 Å². The van der Waals surface area contributed by atoms with Crippen LogP contribution in [0.15, 0.2) is 67.0 Å². The highest BCUT2D eigenvalue weighted by Crippen LogP contribution is 2.27. The number of benzene rings is 2. The van der Waals surface area contributed by atoms with Crippen LogP contribution in [-0.4, -0.2) is 19.7 Å². The third kappa shape index (κ3) is 3.01. The molecule has 2 aromatic carbocycles. The third-order valence-corrected chi connectivity index (χ3v) is 3.95. The van der Waals surface area contributed by atoms with E-state index < -0.39 is 0 Å². The molecule has 0 spiro atoms. The molecular formula is C19H15FN4O. The van der Waals surface area contributed by atoms with Crippen LogP contribution in [0.3, 0.4) is 0 Å². The molecule has 0 fully saturated rings. The van der Waals surface area contributed by atoms with Crippen molar-refractivity contribution in [3.63, 3.8) is 0 Å². The molecule has 6 heteroatoms. The highest BCUT2D eigenvalue weighted by Gasteiger charge is 2.11. The monoisotopic (exact) mass is 334 g/mol. The summed E-state index contributed by atoms with van der Waals surface area (Å²) in [7, 11) is 0. The van der Waals surface area contributed by atoms with E-state index in [1.807, 2.05) is 12.1 Å². The Morgan fingerprint density at radius 1 is 1.08 bits per heavy atom. The molecule has 5 nitrogen and oxygen atoms in total. The highest BCUT2D eigenvalue weighted by atomic mass is 19.1. The van der Waals surface area contributed by atoms with Gasteiger partial charge in [-0.25, -0.2) is 9.37 Å². The van der Waals surface area contributed by atoms with Crippen molar-refractivity contribution in [3.8, 4) is 16.9 Å². The van der Waals surface area contributed by atoms with Gasteiger partial charge < -0.3 is 10.4 Å². The van der Waals surface area contributed by atoms with Gasteiger partial charge in [0, 0.05) is 18.3 Å². The predicted molar refractivity (Wildman–Crippen MR) is 93.8 cm³/mol. The molecule has 124 valence electrons. The maximum atomic E-state index is 13.0. The highest BCUT2D eigenvalue weighted by molar-refractivity contribution is 5.78. The number of fused-ring (bicyclic) bond motifs is 1. The molecule has 0 aliphatic carbocycles. The Kier molecular flexibility index (Phi) is 3.78. The van der Waals surface area contributed by atoms with Crippen LogP contribution in [0.5, 0.6) is 5.75 Å². The first-order valence-corrected chi connectivity index (χ1v) is 7.81. The molecule has 0 saturated carbocycles. The van der Waals surface area contributed by atoms with Crippen LogP contribution in [0.25, 0.3) is 16.8 Å². The SMILES string of the molecule is Oc1cccc(-c2cnn3c(NCc4ccc(F)cc4)ccnc23)c1.